The second-order valence-electron chi connectivity index (χ2n) is 6.25. The van der Waals surface area contributed by atoms with Crippen LogP contribution in [-0.4, -0.2) is 5.97 Å². The van der Waals surface area contributed by atoms with E-state index in [0.29, 0.717) is 11.3 Å². The number of carbonyl (C=O) groups is 1. The third-order valence-electron chi connectivity index (χ3n) is 4.23. The normalized spacial score (nSPS) is 10.6. The number of rotatable bonds is 9. The van der Waals surface area contributed by atoms with E-state index in [1.54, 1.807) is 0 Å². The van der Waals surface area contributed by atoms with Crippen molar-refractivity contribution in [3.05, 3.63) is 65.2 Å². The molecule has 0 fully saturated rings. The fourth-order valence-corrected chi connectivity index (χ4v) is 2.72. The molecule has 2 heteroatoms. The van der Waals surface area contributed by atoms with E-state index in [0.717, 1.165) is 31.2 Å². The van der Waals surface area contributed by atoms with Crippen LogP contribution in [0.15, 0.2) is 48.5 Å². The van der Waals surface area contributed by atoms with Crippen LogP contribution in [0.3, 0.4) is 0 Å². The summed E-state index contributed by atoms with van der Waals surface area (Å²) in [4.78, 5) is 12.4. The van der Waals surface area contributed by atoms with E-state index in [1.807, 2.05) is 48.5 Å². The Labute approximate surface area is 145 Å². The minimum absolute atomic E-state index is 0.279. The van der Waals surface area contributed by atoms with Gasteiger partial charge in [-0.2, -0.15) is 0 Å². The van der Waals surface area contributed by atoms with Gasteiger partial charge in [0.2, 0.25) is 0 Å². The Balaban J connectivity index is 1.99. The van der Waals surface area contributed by atoms with Crippen molar-refractivity contribution >= 4 is 5.97 Å². The molecule has 0 saturated carbocycles. The molecule has 2 aromatic carbocycles. The van der Waals surface area contributed by atoms with Crippen molar-refractivity contribution in [2.45, 2.75) is 58.8 Å². The number of unbranched alkanes of at least 4 members (excludes halogenated alkanes) is 3. The van der Waals surface area contributed by atoms with E-state index in [2.05, 4.69) is 13.8 Å². The molecule has 24 heavy (non-hydrogen) atoms. The number of esters is 1. The van der Waals surface area contributed by atoms with E-state index in [4.69, 9.17) is 4.74 Å². The van der Waals surface area contributed by atoms with Crippen LogP contribution < -0.4 is 4.74 Å². The number of ether oxygens (including phenoxy) is 1. The number of aryl methyl sites for hydroxylation is 2. The summed E-state index contributed by atoms with van der Waals surface area (Å²) in [5, 5.41) is 0. The van der Waals surface area contributed by atoms with Gasteiger partial charge in [0.25, 0.3) is 0 Å². The van der Waals surface area contributed by atoms with Crippen LogP contribution >= 0.6 is 0 Å². The average molecular weight is 324 g/mol. The fourth-order valence-electron chi connectivity index (χ4n) is 2.72. The molecule has 0 aliphatic heterocycles. The zero-order valence-electron chi connectivity index (χ0n) is 14.9. The lowest BCUT2D eigenvalue weighted by atomic mass is 10.1. The van der Waals surface area contributed by atoms with E-state index < -0.39 is 0 Å². The highest BCUT2D eigenvalue weighted by atomic mass is 16.5. The van der Waals surface area contributed by atoms with Crippen molar-refractivity contribution in [1.29, 1.82) is 0 Å². The molecule has 0 radical (unpaired) electrons. The summed E-state index contributed by atoms with van der Waals surface area (Å²) in [6.07, 6.45) is 7.91. The quantitative estimate of drug-likeness (QED) is 0.322. The molecule has 2 aromatic rings. The maximum atomic E-state index is 12.4. The van der Waals surface area contributed by atoms with Crippen molar-refractivity contribution < 1.29 is 9.53 Å². The van der Waals surface area contributed by atoms with Gasteiger partial charge in [0.1, 0.15) is 5.75 Å². The molecule has 0 aromatic heterocycles. The smallest absolute Gasteiger partial charge is 0.343 e. The van der Waals surface area contributed by atoms with Crippen molar-refractivity contribution in [2.75, 3.05) is 0 Å². The lowest BCUT2D eigenvalue weighted by molar-refractivity contribution is 0.0733. The first-order valence-corrected chi connectivity index (χ1v) is 9.13. The molecular formula is C22H28O2. The van der Waals surface area contributed by atoms with Crippen molar-refractivity contribution in [3.63, 3.8) is 0 Å². The minimum Gasteiger partial charge on any atom is -0.423 e. The second-order valence-corrected chi connectivity index (χ2v) is 6.25. The van der Waals surface area contributed by atoms with E-state index >= 15 is 0 Å². The molecule has 128 valence electrons. The number of hydrogen-bond donors (Lipinski definition) is 0. The first kappa shape index (κ1) is 18.3. The van der Waals surface area contributed by atoms with Crippen LogP contribution in [0.4, 0.5) is 0 Å². The second kappa shape index (κ2) is 9.92. The molecule has 0 atom stereocenters. The Kier molecular flexibility index (Phi) is 7.54. The van der Waals surface area contributed by atoms with Crippen LogP contribution in [0.25, 0.3) is 0 Å². The highest BCUT2D eigenvalue weighted by molar-refractivity contribution is 5.91. The summed E-state index contributed by atoms with van der Waals surface area (Å²) >= 11 is 0. The summed E-state index contributed by atoms with van der Waals surface area (Å²) in [5.74, 6) is 0.405. The number of hydrogen-bond acceptors (Lipinski definition) is 2. The molecule has 0 saturated heterocycles. The standard InChI is InChI=1S/C22H28O2/c1-3-5-7-10-18-14-16-20(17-15-18)22(23)24-21-13-9-8-12-19(21)11-6-4-2/h8-9,12-17H,3-7,10-11H2,1-2H3. The van der Waals surface area contributed by atoms with Crippen LogP contribution in [-0.2, 0) is 12.8 Å². The van der Waals surface area contributed by atoms with E-state index in [-0.39, 0.29) is 5.97 Å². The summed E-state index contributed by atoms with van der Waals surface area (Å²) in [6.45, 7) is 4.37. The van der Waals surface area contributed by atoms with Crippen LogP contribution in [0, 0.1) is 0 Å². The first-order valence-electron chi connectivity index (χ1n) is 9.13. The monoisotopic (exact) mass is 324 g/mol. The molecule has 0 aliphatic rings. The summed E-state index contributed by atoms with van der Waals surface area (Å²) in [6, 6.07) is 15.6. The lowest BCUT2D eigenvalue weighted by Crippen LogP contribution is -2.10. The van der Waals surface area contributed by atoms with Gasteiger partial charge < -0.3 is 4.74 Å². The SMILES string of the molecule is CCCCCc1ccc(C(=O)Oc2ccccc2CCCC)cc1. The van der Waals surface area contributed by atoms with E-state index in [9.17, 15) is 4.79 Å². The molecular weight excluding hydrogens is 296 g/mol. The Morgan fingerprint density at radius 2 is 1.54 bits per heavy atom. The van der Waals surface area contributed by atoms with E-state index in [1.165, 1.54) is 24.8 Å². The van der Waals surface area contributed by atoms with Gasteiger partial charge in [0.15, 0.2) is 0 Å². The predicted molar refractivity (Wildman–Crippen MR) is 99.7 cm³/mol. The van der Waals surface area contributed by atoms with Crippen molar-refractivity contribution in [1.82, 2.24) is 0 Å². The summed E-state index contributed by atoms with van der Waals surface area (Å²) < 4.78 is 5.63. The predicted octanol–water partition coefficient (Wildman–Crippen LogP) is 5.98. The first-order chi connectivity index (χ1) is 11.7. The van der Waals surface area contributed by atoms with Gasteiger partial charge in [-0.05, 0) is 55.0 Å². The summed E-state index contributed by atoms with van der Waals surface area (Å²) in [7, 11) is 0. The third kappa shape index (κ3) is 5.52. The Bertz CT molecular complexity index is 629. The van der Waals surface area contributed by atoms with Gasteiger partial charge in [0.05, 0.1) is 5.56 Å². The zero-order chi connectivity index (χ0) is 17.2. The van der Waals surface area contributed by atoms with Gasteiger partial charge in [-0.25, -0.2) is 4.79 Å². The molecule has 2 nitrogen and oxygen atoms in total. The largest absolute Gasteiger partial charge is 0.423 e. The van der Waals surface area contributed by atoms with Gasteiger partial charge in [-0.1, -0.05) is 63.4 Å². The molecule has 0 bridgehead atoms. The molecule has 2 rings (SSSR count). The summed E-state index contributed by atoms with van der Waals surface area (Å²) in [5.41, 5.74) is 2.99. The number of benzene rings is 2. The maximum Gasteiger partial charge on any atom is 0.343 e. The minimum atomic E-state index is -0.279. The Morgan fingerprint density at radius 3 is 2.25 bits per heavy atom. The fraction of sp³-hybridized carbons (Fsp3) is 0.409. The lowest BCUT2D eigenvalue weighted by Gasteiger charge is -2.10. The van der Waals surface area contributed by atoms with Gasteiger partial charge in [-0.3, -0.25) is 0 Å². The van der Waals surface area contributed by atoms with Crippen LogP contribution in [0.1, 0.15) is 67.4 Å². The average Bonchev–Trinajstić information content (AvgIpc) is 2.62. The van der Waals surface area contributed by atoms with Crippen molar-refractivity contribution in [2.24, 2.45) is 0 Å². The van der Waals surface area contributed by atoms with Gasteiger partial charge >= 0.3 is 5.97 Å². The highest BCUT2D eigenvalue weighted by Crippen LogP contribution is 2.21. The number of carbonyl (C=O) groups excluding carboxylic acids is 1. The molecule has 0 aliphatic carbocycles. The van der Waals surface area contributed by atoms with Crippen LogP contribution in [0.5, 0.6) is 5.75 Å². The molecule has 0 heterocycles. The topological polar surface area (TPSA) is 26.3 Å². The maximum absolute atomic E-state index is 12.4. The Hall–Kier alpha value is -2.09. The van der Waals surface area contributed by atoms with Crippen LogP contribution in [0.2, 0.25) is 0 Å². The van der Waals surface area contributed by atoms with Gasteiger partial charge in [0, 0.05) is 0 Å². The molecule has 0 unspecified atom stereocenters. The zero-order valence-corrected chi connectivity index (χ0v) is 14.9. The molecule has 0 spiro atoms. The highest BCUT2D eigenvalue weighted by Gasteiger charge is 2.11. The number of para-hydroxylation sites is 1. The molecule has 0 amide bonds. The molecule has 0 N–H and O–H groups in total. The Morgan fingerprint density at radius 1 is 0.833 bits per heavy atom. The van der Waals surface area contributed by atoms with Crippen molar-refractivity contribution in [3.8, 4) is 5.75 Å². The van der Waals surface area contributed by atoms with Gasteiger partial charge in [-0.15, -0.1) is 0 Å². The third-order valence-corrected chi connectivity index (χ3v) is 4.23.